The highest BCUT2D eigenvalue weighted by Gasteiger charge is 2.24. The Kier molecular flexibility index (Phi) is 3.79. The van der Waals surface area contributed by atoms with E-state index in [2.05, 4.69) is 11.1 Å². The van der Waals surface area contributed by atoms with Crippen LogP contribution >= 0.6 is 7.60 Å². The SMILES string of the molecule is C=C(N(C)C)P(=O)(O)OCC. The molecule has 11 heavy (non-hydrogen) atoms. The first-order chi connectivity index (χ1) is 4.91. The molecule has 0 aromatic rings. The molecule has 0 spiro atoms. The molecule has 5 heteroatoms. The van der Waals surface area contributed by atoms with E-state index in [0.717, 1.165) is 0 Å². The summed E-state index contributed by atoms with van der Waals surface area (Å²) >= 11 is 0. The van der Waals surface area contributed by atoms with Crippen molar-refractivity contribution >= 4 is 7.60 Å². The molecule has 0 aromatic carbocycles. The first-order valence-electron chi connectivity index (χ1n) is 3.26. The van der Waals surface area contributed by atoms with Crippen molar-refractivity contribution in [3.05, 3.63) is 12.0 Å². The second-order valence-electron chi connectivity index (χ2n) is 2.25. The van der Waals surface area contributed by atoms with Crippen molar-refractivity contribution < 1.29 is 14.0 Å². The average Bonchev–Trinajstić information content (AvgIpc) is 1.86. The largest absolute Gasteiger partial charge is 0.374 e. The van der Waals surface area contributed by atoms with Crippen molar-refractivity contribution in [2.45, 2.75) is 6.92 Å². The lowest BCUT2D eigenvalue weighted by molar-refractivity contribution is 0.271. The standard InChI is InChI=1S/C6H14NO3P/c1-5-10-11(8,9)6(2)7(3)4/h2,5H2,1,3-4H3,(H,8,9). The number of nitrogens with zero attached hydrogens (tertiary/aromatic N) is 1. The Morgan fingerprint density at radius 1 is 1.73 bits per heavy atom. The fourth-order valence-electron chi connectivity index (χ4n) is 0.502. The van der Waals surface area contributed by atoms with E-state index in [0.29, 0.717) is 0 Å². The van der Waals surface area contributed by atoms with Gasteiger partial charge in [-0.2, -0.15) is 0 Å². The maximum Gasteiger partial charge on any atom is 0.374 e. The summed E-state index contributed by atoms with van der Waals surface area (Å²) in [6.45, 7) is 5.30. The van der Waals surface area contributed by atoms with Crippen LogP contribution in [0.4, 0.5) is 0 Å². The van der Waals surface area contributed by atoms with Crippen molar-refractivity contribution in [2.24, 2.45) is 0 Å². The highest BCUT2D eigenvalue weighted by atomic mass is 31.2. The van der Waals surface area contributed by atoms with Gasteiger partial charge in [0.15, 0.2) is 0 Å². The summed E-state index contributed by atoms with van der Waals surface area (Å²) < 4.78 is 15.8. The van der Waals surface area contributed by atoms with Gasteiger partial charge < -0.3 is 14.3 Å². The number of hydrogen-bond donors (Lipinski definition) is 1. The van der Waals surface area contributed by atoms with E-state index < -0.39 is 7.60 Å². The van der Waals surface area contributed by atoms with Crippen LogP contribution in [0.15, 0.2) is 12.0 Å². The molecule has 66 valence electrons. The minimum Gasteiger partial charge on any atom is -0.372 e. The first kappa shape index (κ1) is 10.7. The number of rotatable bonds is 4. The molecule has 0 saturated carbocycles. The quantitative estimate of drug-likeness (QED) is 0.659. The molecule has 0 aliphatic rings. The van der Waals surface area contributed by atoms with E-state index in [9.17, 15) is 4.57 Å². The number of hydrogen-bond acceptors (Lipinski definition) is 3. The molecule has 0 aliphatic carbocycles. The molecular weight excluding hydrogens is 165 g/mol. The minimum absolute atomic E-state index is 0.111. The Labute approximate surface area is 67.0 Å². The van der Waals surface area contributed by atoms with Crippen LogP contribution in [-0.4, -0.2) is 30.5 Å². The van der Waals surface area contributed by atoms with Crippen LogP contribution in [0.2, 0.25) is 0 Å². The van der Waals surface area contributed by atoms with Gasteiger partial charge in [0.25, 0.3) is 0 Å². The van der Waals surface area contributed by atoms with Gasteiger partial charge in [0.1, 0.15) is 5.44 Å². The van der Waals surface area contributed by atoms with Gasteiger partial charge in [-0.3, -0.25) is 4.57 Å². The molecule has 0 aromatic heterocycles. The molecule has 0 rings (SSSR count). The molecule has 0 heterocycles. The summed E-state index contributed by atoms with van der Waals surface area (Å²) in [5.41, 5.74) is 0.111. The van der Waals surface area contributed by atoms with Crippen LogP contribution < -0.4 is 0 Å². The Morgan fingerprint density at radius 2 is 2.18 bits per heavy atom. The molecule has 0 amide bonds. The van der Waals surface area contributed by atoms with E-state index in [1.165, 1.54) is 4.90 Å². The van der Waals surface area contributed by atoms with Crippen LogP contribution in [0.5, 0.6) is 0 Å². The van der Waals surface area contributed by atoms with Gasteiger partial charge in [-0.05, 0) is 6.92 Å². The summed E-state index contributed by atoms with van der Waals surface area (Å²) in [4.78, 5) is 10.6. The summed E-state index contributed by atoms with van der Waals surface area (Å²) in [5.74, 6) is 0. The second-order valence-corrected chi connectivity index (χ2v) is 4.06. The predicted molar refractivity (Wildman–Crippen MR) is 44.3 cm³/mol. The zero-order chi connectivity index (χ0) is 9.07. The Hall–Kier alpha value is -0.310. The lowest BCUT2D eigenvalue weighted by Gasteiger charge is -2.19. The smallest absolute Gasteiger partial charge is 0.372 e. The third kappa shape index (κ3) is 3.06. The van der Waals surface area contributed by atoms with Crippen LogP contribution in [0.1, 0.15) is 6.92 Å². The monoisotopic (exact) mass is 179 g/mol. The summed E-state index contributed by atoms with van der Waals surface area (Å²) in [5, 5.41) is 0. The zero-order valence-electron chi connectivity index (χ0n) is 7.07. The van der Waals surface area contributed by atoms with Gasteiger partial charge in [0, 0.05) is 14.1 Å². The van der Waals surface area contributed by atoms with Crippen molar-refractivity contribution in [3.8, 4) is 0 Å². The molecule has 1 unspecified atom stereocenters. The molecule has 1 N–H and O–H groups in total. The van der Waals surface area contributed by atoms with Crippen molar-refractivity contribution in [2.75, 3.05) is 20.7 Å². The fourth-order valence-corrected chi connectivity index (χ4v) is 1.51. The Bertz CT molecular complexity index is 190. The van der Waals surface area contributed by atoms with Crippen molar-refractivity contribution in [1.82, 2.24) is 4.90 Å². The topological polar surface area (TPSA) is 49.8 Å². The highest BCUT2D eigenvalue weighted by molar-refractivity contribution is 7.57. The van der Waals surface area contributed by atoms with Gasteiger partial charge in [0.2, 0.25) is 0 Å². The fraction of sp³-hybridized carbons (Fsp3) is 0.667. The van der Waals surface area contributed by atoms with E-state index in [1.54, 1.807) is 21.0 Å². The summed E-state index contributed by atoms with van der Waals surface area (Å²) in [7, 11) is -0.322. The molecule has 0 aliphatic heterocycles. The molecule has 0 saturated heterocycles. The molecule has 0 radical (unpaired) electrons. The van der Waals surface area contributed by atoms with E-state index >= 15 is 0 Å². The van der Waals surface area contributed by atoms with E-state index in [-0.39, 0.29) is 12.0 Å². The van der Waals surface area contributed by atoms with E-state index in [4.69, 9.17) is 4.89 Å². The molecular formula is C6H14NO3P. The van der Waals surface area contributed by atoms with Gasteiger partial charge in [-0.15, -0.1) is 0 Å². The predicted octanol–water partition coefficient (Wildman–Crippen LogP) is 1.24. The maximum absolute atomic E-state index is 11.1. The third-order valence-electron chi connectivity index (χ3n) is 1.15. The van der Waals surface area contributed by atoms with Crippen molar-refractivity contribution in [1.29, 1.82) is 0 Å². The van der Waals surface area contributed by atoms with Crippen LogP contribution in [0, 0.1) is 0 Å². The molecule has 0 bridgehead atoms. The molecule has 1 atom stereocenters. The lowest BCUT2D eigenvalue weighted by Crippen LogP contribution is -2.11. The summed E-state index contributed by atoms with van der Waals surface area (Å²) in [6.07, 6.45) is 0. The molecule has 4 nitrogen and oxygen atoms in total. The summed E-state index contributed by atoms with van der Waals surface area (Å²) in [6, 6.07) is 0. The maximum atomic E-state index is 11.1. The Morgan fingerprint density at radius 3 is 2.45 bits per heavy atom. The van der Waals surface area contributed by atoms with Gasteiger partial charge >= 0.3 is 7.60 Å². The van der Waals surface area contributed by atoms with Crippen molar-refractivity contribution in [3.63, 3.8) is 0 Å². The zero-order valence-corrected chi connectivity index (χ0v) is 7.97. The van der Waals surface area contributed by atoms with E-state index in [1.807, 2.05) is 0 Å². The van der Waals surface area contributed by atoms with Gasteiger partial charge in [0.05, 0.1) is 6.61 Å². The highest BCUT2D eigenvalue weighted by Crippen LogP contribution is 2.50. The minimum atomic E-state index is -3.61. The second kappa shape index (κ2) is 3.90. The Balaban J connectivity index is 4.31. The molecule has 0 fully saturated rings. The van der Waals surface area contributed by atoms with Crippen LogP contribution in [-0.2, 0) is 9.09 Å². The van der Waals surface area contributed by atoms with Gasteiger partial charge in [-0.25, -0.2) is 0 Å². The first-order valence-corrected chi connectivity index (χ1v) is 4.83. The van der Waals surface area contributed by atoms with Crippen LogP contribution in [0.25, 0.3) is 0 Å². The average molecular weight is 179 g/mol. The van der Waals surface area contributed by atoms with Gasteiger partial charge in [-0.1, -0.05) is 6.58 Å². The third-order valence-corrected chi connectivity index (χ3v) is 2.81. The normalized spacial score (nSPS) is 15.6. The van der Waals surface area contributed by atoms with Crippen LogP contribution in [0.3, 0.4) is 0 Å². The lowest BCUT2D eigenvalue weighted by atomic mass is 10.8.